The Morgan fingerprint density at radius 2 is 1.50 bits per heavy atom. The van der Waals surface area contributed by atoms with Gasteiger partial charge in [-0.05, 0) is 17.7 Å². The van der Waals surface area contributed by atoms with Gasteiger partial charge in [0.1, 0.15) is 11.5 Å². The van der Waals surface area contributed by atoms with Crippen molar-refractivity contribution in [2.45, 2.75) is 6.42 Å². The molecule has 1 heterocycles. The predicted octanol–water partition coefficient (Wildman–Crippen LogP) is 3.38. The van der Waals surface area contributed by atoms with E-state index in [4.69, 9.17) is 4.74 Å². The molecule has 2 bridgehead atoms. The minimum absolute atomic E-state index is 0.979. The first-order chi connectivity index (χ1) is 6.93. The number of fused-ring (bicyclic) bond motifs is 2. The van der Waals surface area contributed by atoms with Gasteiger partial charge >= 0.3 is 0 Å². The first-order valence-electron chi connectivity index (χ1n) is 4.77. The summed E-state index contributed by atoms with van der Waals surface area (Å²) in [4.78, 5) is 0. The molecule has 0 radical (unpaired) electrons. The van der Waals surface area contributed by atoms with E-state index < -0.39 is 0 Å². The van der Waals surface area contributed by atoms with Crippen LogP contribution < -0.4 is 4.74 Å². The van der Waals surface area contributed by atoms with Crippen molar-refractivity contribution in [2.24, 2.45) is 0 Å². The summed E-state index contributed by atoms with van der Waals surface area (Å²) in [6.45, 7) is 0. The Balaban J connectivity index is 1.92. The smallest absolute Gasteiger partial charge is 0.134 e. The highest BCUT2D eigenvalue weighted by Crippen LogP contribution is 2.42. The lowest BCUT2D eigenvalue weighted by Gasteiger charge is -2.23. The summed E-state index contributed by atoms with van der Waals surface area (Å²) in [6.07, 6.45) is 0.979. The second-order valence-electron chi connectivity index (χ2n) is 3.50. The van der Waals surface area contributed by atoms with Crippen LogP contribution in [0, 0.1) is 0 Å². The molecule has 0 aromatic heterocycles. The molecule has 1 heteroatoms. The van der Waals surface area contributed by atoms with Crippen LogP contribution in [0.25, 0.3) is 0 Å². The Labute approximate surface area is 83.0 Å². The van der Waals surface area contributed by atoms with Crippen LogP contribution in [0.15, 0.2) is 48.5 Å². The average Bonchev–Trinajstić information content (AvgIpc) is 2.28. The quantitative estimate of drug-likeness (QED) is 0.590. The summed E-state index contributed by atoms with van der Waals surface area (Å²) in [5.74, 6) is 2.07. The first-order valence-corrected chi connectivity index (χ1v) is 4.77. The average molecular weight is 182 g/mol. The zero-order valence-corrected chi connectivity index (χ0v) is 7.73. The highest BCUT2D eigenvalue weighted by molar-refractivity contribution is 5.56. The van der Waals surface area contributed by atoms with Crippen LogP contribution in [0.5, 0.6) is 11.5 Å². The molecule has 2 aromatic carbocycles. The molecule has 0 unspecified atom stereocenters. The summed E-state index contributed by atoms with van der Waals surface area (Å²) >= 11 is 0. The third-order valence-electron chi connectivity index (χ3n) is 2.53. The van der Waals surface area contributed by atoms with E-state index in [-0.39, 0.29) is 0 Å². The van der Waals surface area contributed by atoms with Crippen molar-refractivity contribution in [3.63, 3.8) is 0 Å². The molecule has 14 heavy (non-hydrogen) atoms. The number of ether oxygens (including phenoxy) is 1. The molecule has 0 atom stereocenters. The summed E-state index contributed by atoms with van der Waals surface area (Å²) in [5.41, 5.74) is 2.67. The molecule has 0 fully saturated rings. The fourth-order valence-electron chi connectivity index (χ4n) is 1.78. The van der Waals surface area contributed by atoms with Gasteiger partial charge in [-0.3, -0.25) is 0 Å². The van der Waals surface area contributed by atoms with Gasteiger partial charge in [0.25, 0.3) is 0 Å². The van der Waals surface area contributed by atoms with Crippen molar-refractivity contribution in [1.82, 2.24) is 0 Å². The molecule has 0 aliphatic carbocycles. The number of rotatable bonds is 2. The van der Waals surface area contributed by atoms with Crippen molar-refractivity contribution in [1.29, 1.82) is 0 Å². The number of benzene rings is 2. The standard InChI is InChI=1S/C13H10O/c1-2-5-10(6-3-1)9-11-12-7-4-8-13(11)14-12/h1-8H,9H2. The molecule has 0 saturated heterocycles. The Morgan fingerprint density at radius 1 is 0.786 bits per heavy atom. The van der Waals surface area contributed by atoms with Gasteiger partial charge in [0, 0.05) is 12.0 Å². The van der Waals surface area contributed by atoms with Crippen LogP contribution in [0.2, 0.25) is 0 Å². The van der Waals surface area contributed by atoms with Gasteiger partial charge in [-0.25, -0.2) is 0 Å². The molecule has 1 nitrogen and oxygen atoms in total. The minimum atomic E-state index is 0.979. The topological polar surface area (TPSA) is 9.23 Å². The first kappa shape index (κ1) is 7.63. The summed E-state index contributed by atoms with van der Waals surface area (Å²) < 4.78 is 5.41. The van der Waals surface area contributed by atoms with E-state index in [9.17, 15) is 0 Å². The molecule has 0 N–H and O–H groups in total. The molecule has 68 valence electrons. The lowest BCUT2D eigenvalue weighted by molar-refractivity contribution is 0.422. The third-order valence-corrected chi connectivity index (χ3v) is 2.53. The normalized spacial score (nSPS) is 11.7. The number of hydrogen-bond donors (Lipinski definition) is 0. The maximum absolute atomic E-state index is 5.41. The molecule has 2 aromatic rings. The highest BCUT2D eigenvalue weighted by Gasteiger charge is 2.20. The maximum Gasteiger partial charge on any atom is 0.134 e. The molecule has 3 rings (SSSR count). The van der Waals surface area contributed by atoms with Gasteiger partial charge in [0.15, 0.2) is 0 Å². The molecule has 0 amide bonds. The predicted molar refractivity (Wildman–Crippen MR) is 55.8 cm³/mol. The molecular weight excluding hydrogens is 172 g/mol. The van der Waals surface area contributed by atoms with Crippen LogP contribution in [0.4, 0.5) is 0 Å². The van der Waals surface area contributed by atoms with E-state index in [0.717, 1.165) is 17.9 Å². The second-order valence-corrected chi connectivity index (χ2v) is 3.50. The van der Waals surface area contributed by atoms with Crippen molar-refractivity contribution in [3.8, 4) is 11.5 Å². The minimum Gasteiger partial charge on any atom is -0.456 e. The van der Waals surface area contributed by atoms with E-state index in [0.29, 0.717) is 0 Å². The Kier molecular flexibility index (Phi) is 1.57. The van der Waals surface area contributed by atoms with E-state index in [1.54, 1.807) is 0 Å². The molecule has 0 saturated carbocycles. The van der Waals surface area contributed by atoms with Crippen LogP contribution in [0.1, 0.15) is 11.1 Å². The highest BCUT2D eigenvalue weighted by atomic mass is 16.5. The fourth-order valence-corrected chi connectivity index (χ4v) is 1.78. The van der Waals surface area contributed by atoms with Gasteiger partial charge in [-0.1, -0.05) is 36.4 Å². The molecule has 0 spiro atoms. The zero-order valence-electron chi connectivity index (χ0n) is 7.73. The van der Waals surface area contributed by atoms with Gasteiger partial charge in [0.05, 0.1) is 0 Å². The van der Waals surface area contributed by atoms with Crippen molar-refractivity contribution in [3.05, 3.63) is 59.7 Å². The SMILES string of the molecule is c1ccc(Cc2c3cccc2O3)cc1. The van der Waals surface area contributed by atoms with Gasteiger partial charge < -0.3 is 4.74 Å². The van der Waals surface area contributed by atoms with Crippen molar-refractivity contribution < 1.29 is 4.74 Å². The molecule has 1 aliphatic heterocycles. The molecule has 1 aliphatic rings. The van der Waals surface area contributed by atoms with E-state index in [1.165, 1.54) is 11.1 Å². The Bertz CT molecular complexity index is 440. The Morgan fingerprint density at radius 3 is 2.14 bits per heavy atom. The summed E-state index contributed by atoms with van der Waals surface area (Å²) in [7, 11) is 0. The van der Waals surface area contributed by atoms with Gasteiger partial charge in [-0.2, -0.15) is 0 Å². The summed E-state index contributed by atoms with van der Waals surface area (Å²) in [5, 5.41) is 0. The fraction of sp³-hybridized carbons (Fsp3) is 0.0769. The summed E-state index contributed by atoms with van der Waals surface area (Å²) in [6, 6.07) is 16.5. The lowest BCUT2D eigenvalue weighted by atomic mass is 10.0. The molecular formula is C13H10O. The van der Waals surface area contributed by atoms with Crippen molar-refractivity contribution in [2.75, 3.05) is 0 Å². The maximum atomic E-state index is 5.41. The number of hydrogen-bond acceptors (Lipinski definition) is 1. The van der Waals surface area contributed by atoms with Crippen LogP contribution in [-0.2, 0) is 6.42 Å². The van der Waals surface area contributed by atoms with E-state index in [1.807, 2.05) is 24.3 Å². The lowest BCUT2D eigenvalue weighted by Crippen LogP contribution is -2.04. The third kappa shape index (κ3) is 1.10. The van der Waals surface area contributed by atoms with E-state index >= 15 is 0 Å². The monoisotopic (exact) mass is 182 g/mol. The van der Waals surface area contributed by atoms with Crippen LogP contribution in [-0.4, -0.2) is 0 Å². The largest absolute Gasteiger partial charge is 0.456 e. The van der Waals surface area contributed by atoms with Crippen molar-refractivity contribution >= 4 is 0 Å². The second kappa shape index (κ2) is 2.88. The zero-order chi connectivity index (χ0) is 9.38. The Hall–Kier alpha value is -1.76. The van der Waals surface area contributed by atoms with Gasteiger partial charge in [0.2, 0.25) is 0 Å². The van der Waals surface area contributed by atoms with Crippen LogP contribution >= 0.6 is 0 Å². The van der Waals surface area contributed by atoms with Gasteiger partial charge in [-0.15, -0.1) is 0 Å². The van der Waals surface area contributed by atoms with E-state index in [2.05, 4.69) is 24.3 Å². The van der Waals surface area contributed by atoms with Crippen LogP contribution in [0.3, 0.4) is 0 Å².